The van der Waals surface area contributed by atoms with Crippen LogP contribution in [-0.4, -0.2) is 58.2 Å². The third-order valence-corrected chi connectivity index (χ3v) is 6.72. The van der Waals surface area contributed by atoms with Crippen LogP contribution in [0.15, 0.2) is 36.4 Å². The number of carbonyl (C=O) groups excluding carboxylic acids is 2. The van der Waals surface area contributed by atoms with Crippen molar-refractivity contribution in [2.45, 2.75) is 31.7 Å². The predicted molar refractivity (Wildman–Crippen MR) is 128 cm³/mol. The Labute approximate surface area is 200 Å². The van der Waals surface area contributed by atoms with Gasteiger partial charge in [0.05, 0.1) is 46.1 Å². The van der Waals surface area contributed by atoms with E-state index in [4.69, 9.17) is 18.9 Å². The summed E-state index contributed by atoms with van der Waals surface area (Å²) in [4.78, 5) is 30.7. The maximum atomic E-state index is 13.6. The second-order valence-electron chi connectivity index (χ2n) is 8.54. The van der Waals surface area contributed by atoms with Crippen LogP contribution in [0.1, 0.15) is 37.3 Å². The van der Waals surface area contributed by atoms with Gasteiger partial charge in [0.1, 0.15) is 5.75 Å². The Morgan fingerprint density at radius 1 is 0.882 bits per heavy atom. The molecule has 2 aromatic carbocycles. The molecular weight excluding hydrogens is 436 g/mol. The lowest BCUT2D eigenvalue weighted by atomic mass is 9.82. The number of carbonyl (C=O) groups is 2. The van der Waals surface area contributed by atoms with Crippen LogP contribution in [0.2, 0.25) is 0 Å². The zero-order chi connectivity index (χ0) is 24.2. The van der Waals surface area contributed by atoms with Gasteiger partial charge in [-0.25, -0.2) is 0 Å². The van der Waals surface area contributed by atoms with Crippen molar-refractivity contribution in [2.75, 3.05) is 46.4 Å². The van der Waals surface area contributed by atoms with Crippen molar-refractivity contribution in [3.8, 4) is 23.0 Å². The molecule has 0 radical (unpaired) electrons. The van der Waals surface area contributed by atoms with Gasteiger partial charge < -0.3 is 28.7 Å². The number of nitrogens with zero attached hydrogens (tertiary/aromatic N) is 2. The van der Waals surface area contributed by atoms with Gasteiger partial charge in [-0.2, -0.15) is 0 Å². The van der Waals surface area contributed by atoms with Gasteiger partial charge in [0.2, 0.25) is 17.6 Å². The Hall–Kier alpha value is -3.42. The van der Waals surface area contributed by atoms with Crippen LogP contribution < -0.4 is 23.8 Å². The second-order valence-corrected chi connectivity index (χ2v) is 8.54. The first-order valence-electron chi connectivity index (χ1n) is 11.6. The normalized spacial score (nSPS) is 20.3. The van der Waals surface area contributed by atoms with Crippen molar-refractivity contribution >= 4 is 17.5 Å². The zero-order valence-corrected chi connectivity index (χ0v) is 20.2. The van der Waals surface area contributed by atoms with Gasteiger partial charge in [-0.3, -0.25) is 9.59 Å². The van der Waals surface area contributed by atoms with Gasteiger partial charge in [-0.15, -0.1) is 0 Å². The van der Waals surface area contributed by atoms with E-state index in [2.05, 4.69) is 0 Å². The number of benzene rings is 2. The molecule has 4 rings (SSSR count). The number of rotatable bonds is 7. The molecule has 2 unspecified atom stereocenters. The predicted octanol–water partition coefficient (Wildman–Crippen LogP) is 3.83. The number of anilines is 1. The third kappa shape index (κ3) is 4.36. The van der Waals surface area contributed by atoms with Crippen LogP contribution in [-0.2, 0) is 9.59 Å². The van der Waals surface area contributed by atoms with Gasteiger partial charge in [0.15, 0.2) is 11.5 Å². The van der Waals surface area contributed by atoms with Crippen LogP contribution in [0, 0.1) is 5.92 Å². The summed E-state index contributed by atoms with van der Waals surface area (Å²) < 4.78 is 21.9. The van der Waals surface area contributed by atoms with Gasteiger partial charge in [-0.1, -0.05) is 12.1 Å². The second kappa shape index (κ2) is 10.2. The van der Waals surface area contributed by atoms with Crippen LogP contribution in [0.5, 0.6) is 23.0 Å². The number of amides is 2. The molecule has 2 aromatic rings. The van der Waals surface area contributed by atoms with E-state index in [1.807, 2.05) is 29.2 Å². The molecule has 2 fully saturated rings. The van der Waals surface area contributed by atoms with Crippen molar-refractivity contribution < 1.29 is 28.5 Å². The molecule has 0 N–H and O–H groups in total. The molecule has 8 nitrogen and oxygen atoms in total. The summed E-state index contributed by atoms with van der Waals surface area (Å²) in [6.45, 7) is 1.53. The van der Waals surface area contributed by atoms with Crippen molar-refractivity contribution in [3.05, 3.63) is 42.0 Å². The van der Waals surface area contributed by atoms with Gasteiger partial charge in [-0.05, 0) is 37.0 Å². The Morgan fingerprint density at radius 2 is 1.50 bits per heavy atom. The Morgan fingerprint density at radius 3 is 2.03 bits per heavy atom. The van der Waals surface area contributed by atoms with Crippen LogP contribution in [0.4, 0.5) is 5.69 Å². The van der Waals surface area contributed by atoms with E-state index in [0.29, 0.717) is 35.1 Å². The molecule has 2 aliphatic rings. The maximum Gasteiger partial charge on any atom is 0.228 e. The fraction of sp³-hybridized carbons (Fsp3) is 0.462. The average Bonchev–Trinajstić information content (AvgIpc) is 3.42. The molecule has 0 saturated carbocycles. The fourth-order valence-electron chi connectivity index (χ4n) is 5.02. The topological polar surface area (TPSA) is 77.5 Å². The monoisotopic (exact) mass is 468 g/mol. The molecule has 182 valence electrons. The lowest BCUT2D eigenvalue weighted by molar-refractivity contribution is -0.137. The summed E-state index contributed by atoms with van der Waals surface area (Å²) in [6.07, 6.45) is 2.82. The highest BCUT2D eigenvalue weighted by atomic mass is 16.5. The largest absolute Gasteiger partial charge is 0.497 e. The summed E-state index contributed by atoms with van der Waals surface area (Å²) in [5.41, 5.74) is 1.47. The Bertz CT molecular complexity index is 1010. The highest BCUT2D eigenvalue weighted by molar-refractivity contribution is 5.98. The van der Waals surface area contributed by atoms with E-state index < -0.39 is 6.04 Å². The lowest BCUT2D eigenvalue weighted by Crippen LogP contribution is -2.49. The van der Waals surface area contributed by atoms with Gasteiger partial charge in [0.25, 0.3) is 0 Å². The summed E-state index contributed by atoms with van der Waals surface area (Å²) >= 11 is 0. The van der Waals surface area contributed by atoms with Crippen LogP contribution in [0.3, 0.4) is 0 Å². The molecule has 0 bridgehead atoms. The Balaban J connectivity index is 1.83. The van der Waals surface area contributed by atoms with E-state index in [1.165, 1.54) is 7.11 Å². The Kier molecular flexibility index (Phi) is 7.14. The lowest BCUT2D eigenvalue weighted by Gasteiger charge is -2.42. The first-order valence-corrected chi connectivity index (χ1v) is 11.6. The van der Waals surface area contributed by atoms with Crippen molar-refractivity contribution in [1.82, 2.24) is 4.90 Å². The smallest absolute Gasteiger partial charge is 0.228 e. The minimum atomic E-state index is -0.469. The molecule has 2 heterocycles. The van der Waals surface area contributed by atoms with E-state index in [0.717, 1.165) is 31.5 Å². The maximum absolute atomic E-state index is 13.6. The SMILES string of the molecule is COc1ccc(C2C(C(=O)N3CCCC3)CCC(=O)N2c2cc(OC)c(OC)c(OC)c2)cc1. The number of likely N-dealkylation sites (tertiary alicyclic amines) is 1. The minimum Gasteiger partial charge on any atom is -0.497 e. The van der Waals surface area contributed by atoms with Crippen molar-refractivity contribution in [2.24, 2.45) is 5.92 Å². The summed E-state index contributed by atoms with van der Waals surface area (Å²) in [5, 5.41) is 0. The van der Waals surface area contributed by atoms with Gasteiger partial charge >= 0.3 is 0 Å². The van der Waals surface area contributed by atoms with Crippen molar-refractivity contribution in [3.63, 3.8) is 0 Å². The first kappa shape index (κ1) is 23.7. The molecule has 2 atom stereocenters. The van der Waals surface area contributed by atoms with E-state index in [-0.39, 0.29) is 24.2 Å². The van der Waals surface area contributed by atoms with Crippen molar-refractivity contribution in [1.29, 1.82) is 0 Å². The molecule has 2 saturated heterocycles. The molecule has 34 heavy (non-hydrogen) atoms. The average molecular weight is 469 g/mol. The molecular formula is C26H32N2O6. The molecule has 2 amide bonds. The van der Waals surface area contributed by atoms with Crippen LogP contribution in [0.25, 0.3) is 0 Å². The standard InChI is InChI=1S/C26H32N2O6/c1-31-19-9-7-17(8-10-19)24-20(26(30)27-13-5-6-14-27)11-12-23(29)28(24)18-15-21(32-2)25(34-4)22(16-18)33-3/h7-10,15-16,20,24H,5-6,11-14H2,1-4H3. The molecule has 0 spiro atoms. The fourth-order valence-corrected chi connectivity index (χ4v) is 5.02. The number of hydrogen-bond donors (Lipinski definition) is 0. The number of ether oxygens (including phenoxy) is 4. The number of piperidine rings is 1. The zero-order valence-electron chi connectivity index (χ0n) is 20.2. The number of methoxy groups -OCH3 is 4. The first-order chi connectivity index (χ1) is 16.5. The van der Waals surface area contributed by atoms with E-state index in [9.17, 15) is 9.59 Å². The molecule has 0 aliphatic carbocycles. The molecule has 2 aliphatic heterocycles. The third-order valence-electron chi connectivity index (χ3n) is 6.72. The molecule has 8 heteroatoms. The van der Waals surface area contributed by atoms with Gasteiger partial charge in [0, 0.05) is 31.6 Å². The van der Waals surface area contributed by atoms with Crippen LogP contribution >= 0.6 is 0 Å². The van der Waals surface area contributed by atoms with E-state index >= 15 is 0 Å². The minimum absolute atomic E-state index is 0.0550. The summed E-state index contributed by atoms with van der Waals surface area (Å²) in [7, 11) is 6.23. The number of hydrogen-bond acceptors (Lipinski definition) is 6. The summed E-state index contributed by atoms with van der Waals surface area (Å²) in [6, 6.07) is 10.6. The quantitative estimate of drug-likeness (QED) is 0.615. The van der Waals surface area contributed by atoms with E-state index in [1.54, 1.807) is 38.4 Å². The molecule has 0 aromatic heterocycles. The highest BCUT2D eigenvalue weighted by Gasteiger charge is 2.43. The summed E-state index contributed by atoms with van der Waals surface area (Å²) in [5.74, 6) is 1.75. The highest BCUT2D eigenvalue weighted by Crippen LogP contribution is 2.46.